The Balaban J connectivity index is 1.59. The lowest BCUT2D eigenvalue weighted by molar-refractivity contribution is -0.119. The lowest BCUT2D eigenvalue weighted by Crippen LogP contribution is -2.43. The van der Waals surface area contributed by atoms with Crippen molar-refractivity contribution in [2.45, 2.75) is 30.7 Å². The average Bonchev–Trinajstić information content (AvgIpc) is 3.26. The molecule has 5 nitrogen and oxygen atoms in total. The highest BCUT2D eigenvalue weighted by atomic mass is 32.2. The predicted octanol–water partition coefficient (Wildman–Crippen LogP) is 4.45. The molecule has 0 radical (unpaired) electrons. The lowest BCUT2D eigenvalue weighted by Gasteiger charge is -2.24. The smallest absolute Gasteiger partial charge is 0.243 e. The molecule has 3 aromatic rings. The molecule has 1 saturated heterocycles. The van der Waals surface area contributed by atoms with Crippen LogP contribution in [0.15, 0.2) is 83.8 Å². The molecule has 1 fully saturated rings. The van der Waals surface area contributed by atoms with Crippen molar-refractivity contribution in [2.75, 3.05) is 11.9 Å². The third-order valence-electron chi connectivity index (χ3n) is 5.40. The van der Waals surface area contributed by atoms with Gasteiger partial charge in [-0.15, -0.1) is 0 Å². The van der Waals surface area contributed by atoms with E-state index in [9.17, 15) is 13.2 Å². The summed E-state index contributed by atoms with van der Waals surface area (Å²) in [5.41, 5.74) is 3.55. The number of anilines is 1. The van der Waals surface area contributed by atoms with Crippen LogP contribution in [-0.2, 0) is 14.8 Å². The molecule has 0 saturated carbocycles. The molecule has 1 heterocycles. The minimum Gasteiger partial charge on any atom is -0.324 e. The molecule has 1 aliphatic heterocycles. The third kappa shape index (κ3) is 4.01. The molecule has 0 aromatic heterocycles. The number of carbonyl (C=O) groups excluding carboxylic acids is 1. The maximum absolute atomic E-state index is 13.1. The van der Waals surface area contributed by atoms with Crippen molar-refractivity contribution in [3.8, 4) is 11.1 Å². The van der Waals surface area contributed by atoms with Gasteiger partial charge in [-0.2, -0.15) is 4.31 Å². The number of para-hydroxylation sites is 1. The maximum atomic E-state index is 13.1. The van der Waals surface area contributed by atoms with Crippen LogP contribution in [0.2, 0.25) is 0 Å². The van der Waals surface area contributed by atoms with Gasteiger partial charge in [0.05, 0.1) is 4.90 Å². The van der Waals surface area contributed by atoms with E-state index >= 15 is 0 Å². The zero-order valence-corrected chi connectivity index (χ0v) is 17.6. The summed E-state index contributed by atoms with van der Waals surface area (Å²) in [4.78, 5) is 13.3. The number of benzene rings is 3. The Morgan fingerprint density at radius 2 is 1.60 bits per heavy atom. The molecule has 4 rings (SSSR count). The van der Waals surface area contributed by atoms with Crippen LogP contribution in [0.1, 0.15) is 18.4 Å². The second-order valence-electron chi connectivity index (χ2n) is 7.49. The zero-order chi connectivity index (χ0) is 21.1. The van der Waals surface area contributed by atoms with E-state index in [4.69, 9.17) is 0 Å². The second-order valence-corrected chi connectivity index (χ2v) is 9.38. The van der Waals surface area contributed by atoms with Crippen LogP contribution in [0, 0.1) is 6.92 Å². The van der Waals surface area contributed by atoms with Gasteiger partial charge in [-0.05, 0) is 43.5 Å². The van der Waals surface area contributed by atoms with Gasteiger partial charge in [0, 0.05) is 17.8 Å². The monoisotopic (exact) mass is 420 g/mol. The molecule has 1 aliphatic rings. The molecule has 1 atom stereocenters. The Labute approximate surface area is 177 Å². The first-order valence-electron chi connectivity index (χ1n) is 10.0. The van der Waals surface area contributed by atoms with Gasteiger partial charge in [0.25, 0.3) is 0 Å². The van der Waals surface area contributed by atoms with Crippen LogP contribution in [0.5, 0.6) is 0 Å². The standard InChI is InChI=1S/C24H24N2O3S/c1-18-13-15-20(16-14-18)30(28,29)26-17-7-12-23(26)24(27)25-22-11-6-5-10-21(22)19-8-3-2-4-9-19/h2-6,8-11,13-16,23H,7,12,17H2,1H3,(H,25,27)/t23-/m1/s1. The van der Waals surface area contributed by atoms with Crippen molar-refractivity contribution in [2.24, 2.45) is 0 Å². The zero-order valence-electron chi connectivity index (χ0n) is 16.8. The number of aryl methyl sites for hydroxylation is 1. The predicted molar refractivity (Wildman–Crippen MR) is 119 cm³/mol. The van der Waals surface area contributed by atoms with Gasteiger partial charge in [-0.1, -0.05) is 66.2 Å². The highest BCUT2D eigenvalue weighted by Gasteiger charge is 2.39. The van der Waals surface area contributed by atoms with Crippen LogP contribution in [0.3, 0.4) is 0 Å². The number of hydrogen-bond donors (Lipinski definition) is 1. The Morgan fingerprint density at radius 1 is 0.933 bits per heavy atom. The highest BCUT2D eigenvalue weighted by Crippen LogP contribution is 2.30. The number of nitrogens with zero attached hydrogens (tertiary/aromatic N) is 1. The summed E-state index contributed by atoms with van der Waals surface area (Å²) in [6.45, 7) is 2.25. The third-order valence-corrected chi connectivity index (χ3v) is 7.33. The topological polar surface area (TPSA) is 66.5 Å². The first-order chi connectivity index (χ1) is 14.5. The summed E-state index contributed by atoms with van der Waals surface area (Å²) in [7, 11) is -3.73. The van der Waals surface area contributed by atoms with Gasteiger partial charge in [-0.3, -0.25) is 4.79 Å². The fourth-order valence-corrected chi connectivity index (χ4v) is 5.47. The number of nitrogens with one attached hydrogen (secondary N) is 1. The molecule has 0 unspecified atom stereocenters. The molecule has 154 valence electrons. The normalized spacial score (nSPS) is 17.0. The minimum atomic E-state index is -3.73. The van der Waals surface area contributed by atoms with Crippen molar-refractivity contribution < 1.29 is 13.2 Å². The molecule has 0 spiro atoms. The molecular weight excluding hydrogens is 396 g/mol. The number of rotatable bonds is 5. The summed E-state index contributed by atoms with van der Waals surface area (Å²) in [5, 5.41) is 2.97. The fraction of sp³-hybridized carbons (Fsp3) is 0.208. The Morgan fingerprint density at radius 3 is 2.33 bits per heavy atom. The van der Waals surface area contributed by atoms with Crippen LogP contribution in [0.25, 0.3) is 11.1 Å². The molecular formula is C24H24N2O3S. The largest absolute Gasteiger partial charge is 0.324 e. The van der Waals surface area contributed by atoms with Crippen molar-refractivity contribution in [1.82, 2.24) is 4.31 Å². The summed E-state index contributed by atoms with van der Waals surface area (Å²) >= 11 is 0. The fourth-order valence-electron chi connectivity index (χ4n) is 3.81. The van der Waals surface area contributed by atoms with E-state index < -0.39 is 16.1 Å². The van der Waals surface area contributed by atoms with Crippen molar-refractivity contribution >= 4 is 21.6 Å². The molecule has 30 heavy (non-hydrogen) atoms. The van der Waals surface area contributed by atoms with Crippen LogP contribution < -0.4 is 5.32 Å². The minimum absolute atomic E-state index is 0.220. The van der Waals surface area contributed by atoms with E-state index in [1.54, 1.807) is 24.3 Å². The number of amides is 1. The Hall–Kier alpha value is -2.96. The van der Waals surface area contributed by atoms with E-state index in [0.717, 1.165) is 16.7 Å². The first kappa shape index (κ1) is 20.3. The average molecular weight is 421 g/mol. The van der Waals surface area contributed by atoms with Gasteiger partial charge < -0.3 is 5.32 Å². The number of sulfonamides is 1. The molecule has 6 heteroatoms. The van der Waals surface area contributed by atoms with Crippen LogP contribution >= 0.6 is 0 Å². The maximum Gasteiger partial charge on any atom is 0.243 e. The van der Waals surface area contributed by atoms with Crippen molar-refractivity contribution in [3.63, 3.8) is 0 Å². The van der Waals surface area contributed by atoms with E-state index in [-0.39, 0.29) is 10.8 Å². The van der Waals surface area contributed by atoms with E-state index in [1.807, 2.05) is 61.5 Å². The van der Waals surface area contributed by atoms with Gasteiger partial charge in [0.1, 0.15) is 6.04 Å². The van der Waals surface area contributed by atoms with Crippen molar-refractivity contribution in [1.29, 1.82) is 0 Å². The lowest BCUT2D eigenvalue weighted by atomic mass is 10.0. The highest BCUT2D eigenvalue weighted by molar-refractivity contribution is 7.89. The van der Waals surface area contributed by atoms with Gasteiger partial charge in [0.15, 0.2) is 0 Å². The van der Waals surface area contributed by atoms with Gasteiger partial charge >= 0.3 is 0 Å². The SMILES string of the molecule is Cc1ccc(S(=O)(=O)N2CCC[C@@H]2C(=O)Nc2ccccc2-c2ccccc2)cc1. The molecule has 1 N–H and O–H groups in total. The van der Waals surface area contributed by atoms with E-state index in [1.165, 1.54) is 4.31 Å². The van der Waals surface area contributed by atoms with Gasteiger partial charge in [-0.25, -0.2) is 8.42 Å². The first-order valence-corrected chi connectivity index (χ1v) is 11.4. The Kier molecular flexibility index (Phi) is 5.70. The molecule has 0 aliphatic carbocycles. The van der Waals surface area contributed by atoms with Gasteiger partial charge in [0.2, 0.25) is 15.9 Å². The quantitative estimate of drug-likeness (QED) is 0.663. The molecule has 0 bridgehead atoms. The van der Waals surface area contributed by atoms with E-state index in [0.29, 0.717) is 25.1 Å². The van der Waals surface area contributed by atoms with E-state index in [2.05, 4.69) is 5.32 Å². The summed E-state index contributed by atoms with van der Waals surface area (Å²) in [6.07, 6.45) is 1.16. The number of hydrogen-bond acceptors (Lipinski definition) is 3. The molecule has 3 aromatic carbocycles. The summed E-state index contributed by atoms with van der Waals surface area (Å²) < 4.78 is 27.6. The Bertz CT molecular complexity index is 1140. The van der Waals surface area contributed by atoms with Crippen molar-refractivity contribution in [3.05, 3.63) is 84.4 Å². The summed E-state index contributed by atoms with van der Waals surface area (Å²) in [5.74, 6) is -0.299. The second kappa shape index (κ2) is 8.42. The molecule has 1 amide bonds. The number of carbonyl (C=O) groups is 1. The van der Waals surface area contributed by atoms with Crippen LogP contribution in [0.4, 0.5) is 5.69 Å². The van der Waals surface area contributed by atoms with Crippen LogP contribution in [-0.4, -0.2) is 31.2 Å². The summed E-state index contributed by atoms with van der Waals surface area (Å²) in [6, 6.07) is 23.4.